The van der Waals surface area contributed by atoms with Gasteiger partial charge in [0.2, 0.25) is 6.41 Å². The Morgan fingerprint density at radius 2 is 2.12 bits per heavy atom. The summed E-state index contributed by atoms with van der Waals surface area (Å²) in [4.78, 5) is 27.9. The van der Waals surface area contributed by atoms with Crippen LogP contribution in [-0.4, -0.2) is 40.8 Å². The standard InChI is InChI=1S/C19H27NO5/c1-19(2,3)25-20(13-21)16-8-4-6-14(10-16)15-7-5-9-17(11-15)24-12-18(22)23/h5,7,9,11,13-14,16H,4,6,8,10,12H2,1-3H3,(H,22,23). The molecule has 2 rings (SSSR count). The predicted molar refractivity (Wildman–Crippen MR) is 93.3 cm³/mol. The highest BCUT2D eigenvalue weighted by molar-refractivity contribution is 5.68. The van der Waals surface area contributed by atoms with Crippen molar-refractivity contribution in [1.82, 2.24) is 5.06 Å². The topological polar surface area (TPSA) is 76.1 Å². The lowest BCUT2D eigenvalue weighted by molar-refractivity contribution is -0.235. The van der Waals surface area contributed by atoms with Crippen molar-refractivity contribution in [3.05, 3.63) is 29.8 Å². The minimum Gasteiger partial charge on any atom is -0.482 e. The highest BCUT2D eigenvalue weighted by Gasteiger charge is 2.30. The molecule has 6 nitrogen and oxygen atoms in total. The summed E-state index contributed by atoms with van der Waals surface area (Å²) in [7, 11) is 0. The van der Waals surface area contributed by atoms with Crippen molar-refractivity contribution in [2.45, 2.75) is 64.0 Å². The first-order chi connectivity index (χ1) is 11.8. The number of carboxylic acid groups (broad SMARTS) is 1. The first kappa shape index (κ1) is 19.2. The predicted octanol–water partition coefficient (Wildman–Crippen LogP) is 3.36. The van der Waals surface area contributed by atoms with Crippen LogP contribution in [-0.2, 0) is 14.4 Å². The van der Waals surface area contributed by atoms with Gasteiger partial charge in [-0.15, -0.1) is 0 Å². The van der Waals surface area contributed by atoms with E-state index in [0.717, 1.165) is 37.7 Å². The maximum atomic E-state index is 11.5. The zero-order valence-corrected chi connectivity index (χ0v) is 15.1. The maximum Gasteiger partial charge on any atom is 0.341 e. The number of ether oxygens (including phenoxy) is 1. The lowest BCUT2D eigenvalue weighted by Gasteiger charge is -2.37. The molecule has 0 aromatic heterocycles. The van der Waals surface area contributed by atoms with Gasteiger partial charge in [-0.25, -0.2) is 9.86 Å². The van der Waals surface area contributed by atoms with Crippen molar-refractivity contribution < 1.29 is 24.3 Å². The number of aliphatic carboxylic acids is 1. The van der Waals surface area contributed by atoms with Crippen LogP contribution in [0.5, 0.6) is 5.75 Å². The molecule has 0 saturated heterocycles. The molecule has 1 saturated carbocycles. The summed E-state index contributed by atoms with van der Waals surface area (Å²) in [5.41, 5.74) is 0.688. The summed E-state index contributed by atoms with van der Waals surface area (Å²) < 4.78 is 5.27. The van der Waals surface area contributed by atoms with Crippen molar-refractivity contribution in [3.63, 3.8) is 0 Å². The minimum atomic E-state index is -0.996. The number of nitrogens with zero attached hydrogens (tertiary/aromatic N) is 1. The molecule has 138 valence electrons. The largest absolute Gasteiger partial charge is 0.482 e. The van der Waals surface area contributed by atoms with Crippen LogP contribution < -0.4 is 4.74 Å². The van der Waals surface area contributed by atoms with E-state index in [1.165, 1.54) is 5.06 Å². The number of carboxylic acids is 1. The van der Waals surface area contributed by atoms with Crippen molar-refractivity contribution in [1.29, 1.82) is 0 Å². The highest BCUT2D eigenvalue weighted by atomic mass is 16.7. The van der Waals surface area contributed by atoms with E-state index in [4.69, 9.17) is 14.7 Å². The highest BCUT2D eigenvalue weighted by Crippen LogP contribution is 2.36. The van der Waals surface area contributed by atoms with E-state index < -0.39 is 11.6 Å². The summed E-state index contributed by atoms with van der Waals surface area (Å²) in [6, 6.07) is 7.59. The minimum absolute atomic E-state index is 0.0408. The Labute approximate surface area is 148 Å². The molecule has 6 heteroatoms. The molecule has 0 bridgehead atoms. The lowest BCUT2D eigenvalue weighted by Crippen LogP contribution is -2.42. The van der Waals surface area contributed by atoms with Gasteiger partial charge in [0.25, 0.3) is 0 Å². The van der Waals surface area contributed by atoms with Crippen LogP contribution in [0.3, 0.4) is 0 Å². The molecule has 0 aliphatic heterocycles. The first-order valence-electron chi connectivity index (χ1n) is 8.66. The molecule has 0 heterocycles. The van der Waals surface area contributed by atoms with Crippen LogP contribution in [0, 0.1) is 0 Å². The van der Waals surface area contributed by atoms with Gasteiger partial charge in [-0.1, -0.05) is 18.6 Å². The van der Waals surface area contributed by atoms with Gasteiger partial charge in [0.15, 0.2) is 6.61 Å². The molecular weight excluding hydrogens is 322 g/mol. The molecule has 1 aliphatic rings. The monoisotopic (exact) mass is 349 g/mol. The van der Waals surface area contributed by atoms with Crippen molar-refractivity contribution in [2.24, 2.45) is 0 Å². The number of carbonyl (C=O) groups excluding carboxylic acids is 1. The Kier molecular flexibility index (Phi) is 6.42. The van der Waals surface area contributed by atoms with Gasteiger partial charge in [0, 0.05) is 0 Å². The third kappa shape index (κ3) is 6.05. The van der Waals surface area contributed by atoms with Crippen molar-refractivity contribution in [3.8, 4) is 5.75 Å². The lowest BCUT2D eigenvalue weighted by atomic mass is 9.81. The van der Waals surface area contributed by atoms with E-state index in [-0.39, 0.29) is 18.6 Å². The number of hydroxylamine groups is 2. The summed E-state index contributed by atoms with van der Waals surface area (Å²) in [5, 5.41) is 10.2. The smallest absolute Gasteiger partial charge is 0.341 e. The second-order valence-electron chi connectivity index (χ2n) is 7.44. The number of carbonyl (C=O) groups is 2. The molecular formula is C19H27NO5. The van der Waals surface area contributed by atoms with E-state index >= 15 is 0 Å². The van der Waals surface area contributed by atoms with Crippen LogP contribution >= 0.6 is 0 Å². The summed E-state index contributed by atoms with van der Waals surface area (Å²) in [6.45, 7) is 5.42. The molecule has 1 amide bonds. The molecule has 1 fully saturated rings. The summed E-state index contributed by atoms with van der Waals surface area (Å²) in [6.07, 6.45) is 4.54. The SMILES string of the molecule is CC(C)(C)ON(C=O)C1CCCC(c2cccc(OCC(=O)O)c2)C1. The van der Waals surface area contributed by atoms with Gasteiger partial charge in [0.05, 0.1) is 11.6 Å². The third-order valence-electron chi connectivity index (χ3n) is 4.18. The van der Waals surface area contributed by atoms with Crippen molar-refractivity contribution >= 4 is 12.4 Å². The third-order valence-corrected chi connectivity index (χ3v) is 4.18. The zero-order chi connectivity index (χ0) is 18.4. The van der Waals surface area contributed by atoms with Crippen LogP contribution in [0.1, 0.15) is 57.9 Å². The average Bonchev–Trinajstić information content (AvgIpc) is 2.57. The quantitative estimate of drug-likeness (QED) is 0.603. The van der Waals surface area contributed by atoms with Gasteiger partial charge in [-0.05, 0) is 63.6 Å². The number of hydrogen-bond donors (Lipinski definition) is 1. The first-order valence-corrected chi connectivity index (χ1v) is 8.66. The molecule has 2 unspecified atom stereocenters. The molecule has 1 N–H and O–H groups in total. The van der Waals surface area contributed by atoms with Gasteiger partial charge >= 0.3 is 5.97 Å². The van der Waals surface area contributed by atoms with Crippen molar-refractivity contribution in [2.75, 3.05) is 6.61 Å². The normalized spacial score (nSPS) is 20.8. The average molecular weight is 349 g/mol. The Balaban J connectivity index is 2.06. The van der Waals surface area contributed by atoms with Crippen LogP contribution in [0.15, 0.2) is 24.3 Å². The van der Waals surface area contributed by atoms with E-state index in [1.54, 1.807) is 6.07 Å². The van der Waals surface area contributed by atoms with Crippen LogP contribution in [0.4, 0.5) is 0 Å². The molecule has 2 atom stereocenters. The summed E-state index contributed by atoms with van der Waals surface area (Å²) in [5.74, 6) is -0.151. The molecule has 1 aromatic carbocycles. The second-order valence-corrected chi connectivity index (χ2v) is 7.44. The Morgan fingerprint density at radius 3 is 2.76 bits per heavy atom. The molecule has 0 spiro atoms. The van der Waals surface area contributed by atoms with Gasteiger partial charge in [-0.3, -0.25) is 9.63 Å². The number of hydrogen-bond acceptors (Lipinski definition) is 4. The number of rotatable bonds is 7. The molecule has 25 heavy (non-hydrogen) atoms. The van der Waals surface area contributed by atoms with Gasteiger partial charge in [-0.2, -0.15) is 0 Å². The fourth-order valence-electron chi connectivity index (χ4n) is 3.20. The fraction of sp³-hybridized carbons (Fsp3) is 0.579. The van der Waals surface area contributed by atoms with E-state index in [2.05, 4.69) is 0 Å². The zero-order valence-electron chi connectivity index (χ0n) is 15.1. The fourth-order valence-corrected chi connectivity index (χ4v) is 3.20. The number of benzene rings is 1. The second kappa shape index (κ2) is 8.34. The van der Waals surface area contributed by atoms with Crippen LogP contribution in [0.2, 0.25) is 0 Å². The maximum absolute atomic E-state index is 11.5. The molecule has 1 aliphatic carbocycles. The van der Waals surface area contributed by atoms with Gasteiger partial charge in [0.1, 0.15) is 5.75 Å². The van der Waals surface area contributed by atoms with E-state index in [9.17, 15) is 9.59 Å². The van der Waals surface area contributed by atoms with E-state index in [1.807, 2.05) is 39.0 Å². The van der Waals surface area contributed by atoms with Gasteiger partial charge < -0.3 is 9.84 Å². The van der Waals surface area contributed by atoms with E-state index in [0.29, 0.717) is 5.75 Å². The van der Waals surface area contributed by atoms with Crippen LogP contribution in [0.25, 0.3) is 0 Å². The molecule has 0 radical (unpaired) electrons. The number of amides is 1. The Hall–Kier alpha value is -2.08. The Bertz CT molecular complexity index is 596. The Morgan fingerprint density at radius 1 is 1.36 bits per heavy atom. The molecule has 1 aromatic rings. The summed E-state index contributed by atoms with van der Waals surface area (Å²) >= 11 is 0.